The molecule has 5 heteroatoms. The van der Waals surface area contributed by atoms with Gasteiger partial charge in [-0.1, -0.05) is 17.7 Å². The van der Waals surface area contributed by atoms with Crippen LogP contribution in [-0.2, 0) is 0 Å². The van der Waals surface area contributed by atoms with Crippen molar-refractivity contribution in [1.29, 1.82) is 0 Å². The number of halogens is 2. The monoisotopic (exact) mass is 257 g/mol. The predicted molar refractivity (Wildman–Crippen MR) is 62.6 cm³/mol. The van der Waals surface area contributed by atoms with Crippen molar-refractivity contribution in [1.82, 2.24) is 4.90 Å². The van der Waals surface area contributed by atoms with E-state index in [1.54, 1.807) is 6.92 Å². The Balaban J connectivity index is 2.24. The van der Waals surface area contributed by atoms with Crippen molar-refractivity contribution in [3.05, 3.63) is 34.6 Å². The van der Waals surface area contributed by atoms with Crippen molar-refractivity contribution >= 4 is 17.5 Å². The third kappa shape index (κ3) is 2.42. The minimum atomic E-state index is -0.884. The Kier molecular flexibility index (Phi) is 3.10. The Bertz CT molecular complexity index is 462. The number of aliphatic hydroxyl groups is 1. The largest absolute Gasteiger partial charge is 0.388 e. The second kappa shape index (κ2) is 4.27. The van der Waals surface area contributed by atoms with Crippen LogP contribution in [0.15, 0.2) is 18.2 Å². The zero-order valence-electron chi connectivity index (χ0n) is 9.41. The number of amides is 1. The summed E-state index contributed by atoms with van der Waals surface area (Å²) in [6.07, 6.45) is 0.501. The number of β-amino-alcohol motifs (C(OH)–C–C–N with tert-alkyl or cyclic N) is 1. The summed E-state index contributed by atoms with van der Waals surface area (Å²) < 4.78 is 13.7. The minimum absolute atomic E-state index is 0.0461. The van der Waals surface area contributed by atoms with E-state index in [1.807, 2.05) is 0 Å². The van der Waals surface area contributed by atoms with Gasteiger partial charge in [-0.25, -0.2) is 4.39 Å². The summed E-state index contributed by atoms with van der Waals surface area (Å²) in [6.45, 7) is 2.31. The molecule has 3 nitrogen and oxygen atoms in total. The van der Waals surface area contributed by atoms with Gasteiger partial charge >= 0.3 is 0 Å². The van der Waals surface area contributed by atoms with Crippen molar-refractivity contribution in [3.63, 3.8) is 0 Å². The lowest BCUT2D eigenvalue weighted by molar-refractivity contribution is 0.0569. The highest BCUT2D eigenvalue weighted by molar-refractivity contribution is 6.31. The molecule has 0 aromatic heterocycles. The van der Waals surface area contributed by atoms with Crippen molar-refractivity contribution in [3.8, 4) is 0 Å². The predicted octanol–water partition coefficient (Wildman–Crippen LogP) is 2.08. The molecule has 1 aliphatic heterocycles. The number of hydrogen-bond donors (Lipinski definition) is 1. The summed E-state index contributed by atoms with van der Waals surface area (Å²) in [5.74, 6) is -1.13. The fraction of sp³-hybridized carbons (Fsp3) is 0.417. The molecule has 0 aliphatic carbocycles. The first-order valence-electron chi connectivity index (χ1n) is 5.36. The smallest absolute Gasteiger partial charge is 0.256 e. The Morgan fingerprint density at radius 2 is 2.29 bits per heavy atom. The summed E-state index contributed by atoms with van der Waals surface area (Å²) in [5, 5.41) is 9.70. The van der Waals surface area contributed by atoms with E-state index in [0.717, 1.165) is 0 Å². The van der Waals surface area contributed by atoms with Crippen LogP contribution in [0.5, 0.6) is 0 Å². The molecule has 17 heavy (non-hydrogen) atoms. The first-order valence-corrected chi connectivity index (χ1v) is 5.74. The van der Waals surface area contributed by atoms with Crippen molar-refractivity contribution in [2.75, 3.05) is 13.1 Å². The van der Waals surface area contributed by atoms with Gasteiger partial charge < -0.3 is 10.0 Å². The maximum absolute atomic E-state index is 13.7. The van der Waals surface area contributed by atoms with Crippen LogP contribution in [0.1, 0.15) is 23.7 Å². The van der Waals surface area contributed by atoms with Gasteiger partial charge in [0, 0.05) is 13.1 Å². The normalized spacial score (nSPS) is 24.1. The SMILES string of the molecule is CC1(O)CCN(C(=O)c2cccc(Cl)c2F)C1. The van der Waals surface area contributed by atoms with Gasteiger partial charge in [0.15, 0.2) is 5.82 Å². The second-order valence-corrected chi connectivity index (χ2v) is 4.98. The number of likely N-dealkylation sites (tertiary alicyclic amines) is 1. The molecule has 1 N–H and O–H groups in total. The lowest BCUT2D eigenvalue weighted by Crippen LogP contribution is -2.34. The summed E-state index contributed by atoms with van der Waals surface area (Å²) >= 11 is 5.63. The molecule has 0 radical (unpaired) electrons. The van der Waals surface area contributed by atoms with E-state index in [4.69, 9.17) is 11.6 Å². The van der Waals surface area contributed by atoms with Crippen LogP contribution in [0.25, 0.3) is 0 Å². The lowest BCUT2D eigenvalue weighted by Gasteiger charge is -2.19. The van der Waals surface area contributed by atoms with Crippen LogP contribution in [0.4, 0.5) is 4.39 Å². The van der Waals surface area contributed by atoms with E-state index in [-0.39, 0.29) is 17.1 Å². The van der Waals surface area contributed by atoms with Gasteiger partial charge in [-0.15, -0.1) is 0 Å². The summed E-state index contributed by atoms with van der Waals surface area (Å²) in [7, 11) is 0. The Morgan fingerprint density at radius 3 is 2.88 bits per heavy atom. The Labute approximate surface area is 104 Å². The zero-order valence-corrected chi connectivity index (χ0v) is 10.2. The molecule has 1 fully saturated rings. The summed E-state index contributed by atoms with van der Waals surface area (Å²) in [5.41, 5.74) is -0.930. The number of nitrogens with zero attached hydrogens (tertiary/aromatic N) is 1. The third-order valence-electron chi connectivity index (χ3n) is 2.92. The summed E-state index contributed by atoms with van der Waals surface area (Å²) in [4.78, 5) is 13.5. The Morgan fingerprint density at radius 1 is 1.59 bits per heavy atom. The van der Waals surface area contributed by atoms with Crippen LogP contribution in [0.2, 0.25) is 5.02 Å². The molecule has 1 aliphatic rings. The number of carbonyl (C=O) groups excluding carboxylic acids is 1. The van der Waals surface area contributed by atoms with Gasteiger partial charge in [0.1, 0.15) is 0 Å². The van der Waals surface area contributed by atoms with Crippen LogP contribution in [0.3, 0.4) is 0 Å². The fourth-order valence-corrected chi connectivity index (χ4v) is 2.13. The highest BCUT2D eigenvalue weighted by Crippen LogP contribution is 2.24. The van der Waals surface area contributed by atoms with Crippen LogP contribution in [0, 0.1) is 5.82 Å². The molecule has 1 aromatic carbocycles. The average molecular weight is 258 g/mol. The fourth-order valence-electron chi connectivity index (χ4n) is 1.96. The molecule has 1 atom stereocenters. The number of rotatable bonds is 1. The van der Waals surface area contributed by atoms with Crippen molar-refractivity contribution in [2.45, 2.75) is 18.9 Å². The van der Waals surface area contributed by atoms with Gasteiger partial charge in [-0.05, 0) is 25.5 Å². The topological polar surface area (TPSA) is 40.5 Å². The van der Waals surface area contributed by atoms with E-state index in [0.29, 0.717) is 13.0 Å². The maximum Gasteiger partial charge on any atom is 0.256 e. The summed E-state index contributed by atoms with van der Waals surface area (Å²) in [6, 6.07) is 4.33. The molecule has 1 amide bonds. The highest BCUT2D eigenvalue weighted by atomic mass is 35.5. The molecule has 1 saturated heterocycles. The third-order valence-corrected chi connectivity index (χ3v) is 3.21. The molecule has 2 rings (SSSR count). The molecular weight excluding hydrogens is 245 g/mol. The van der Waals surface area contributed by atoms with Gasteiger partial charge in [0.05, 0.1) is 16.2 Å². The van der Waals surface area contributed by atoms with E-state index in [2.05, 4.69) is 0 Å². The van der Waals surface area contributed by atoms with E-state index in [1.165, 1.54) is 23.1 Å². The van der Waals surface area contributed by atoms with Crippen LogP contribution >= 0.6 is 11.6 Å². The first-order chi connectivity index (χ1) is 7.91. The standard InChI is InChI=1S/C12H13ClFNO2/c1-12(17)5-6-15(7-12)11(16)8-3-2-4-9(13)10(8)14/h2-4,17H,5-7H2,1H3. The molecule has 0 bridgehead atoms. The van der Waals surface area contributed by atoms with Crippen molar-refractivity contribution < 1.29 is 14.3 Å². The quantitative estimate of drug-likeness (QED) is 0.837. The highest BCUT2D eigenvalue weighted by Gasteiger charge is 2.35. The molecule has 92 valence electrons. The van der Waals surface area contributed by atoms with Gasteiger partial charge in [-0.2, -0.15) is 0 Å². The zero-order chi connectivity index (χ0) is 12.6. The average Bonchev–Trinajstić information content (AvgIpc) is 2.62. The van der Waals surface area contributed by atoms with E-state index >= 15 is 0 Å². The lowest BCUT2D eigenvalue weighted by atomic mass is 10.1. The van der Waals surface area contributed by atoms with E-state index in [9.17, 15) is 14.3 Å². The maximum atomic E-state index is 13.7. The number of carbonyl (C=O) groups is 1. The molecule has 1 unspecified atom stereocenters. The number of benzene rings is 1. The minimum Gasteiger partial charge on any atom is -0.388 e. The van der Waals surface area contributed by atoms with Gasteiger partial charge in [-0.3, -0.25) is 4.79 Å². The molecule has 1 heterocycles. The first kappa shape index (κ1) is 12.3. The number of hydrogen-bond acceptors (Lipinski definition) is 2. The molecule has 1 aromatic rings. The van der Waals surface area contributed by atoms with Crippen molar-refractivity contribution in [2.24, 2.45) is 0 Å². The van der Waals surface area contributed by atoms with Crippen LogP contribution in [-0.4, -0.2) is 34.6 Å². The molecule has 0 saturated carbocycles. The Hall–Kier alpha value is -1.13. The molecule has 0 spiro atoms. The van der Waals surface area contributed by atoms with Crippen LogP contribution < -0.4 is 0 Å². The molecular formula is C12H13ClFNO2. The van der Waals surface area contributed by atoms with Gasteiger partial charge in [0.2, 0.25) is 0 Å². The van der Waals surface area contributed by atoms with E-state index < -0.39 is 17.3 Å². The second-order valence-electron chi connectivity index (χ2n) is 4.58. The van der Waals surface area contributed by atoms with Gasteiger partial charge in [0.25, 0.3) is 5.91 Å².